The third-order valence-corrected chi connectivity index (χ3v) is 5.53. The average molecular weight is 419 g/mol. The van der Waals surface area contributed by atoms with Crippen molar-refractivity contribution in [2.24, 2.45) is 0 Å². The number of hydrogen-bond donors (Lipinski definition) is 6. The fourth-order valence-corrected chi connectivity index (χ4v) is 3.91. The second-order valence-electron chi connectivity index (χ2n) is 4.93. The number of rotatable bonds is 6. The van der Waals surface area contributed by atoms with Gasteiger partial charge in [0.2, 0.25) is 4.77 Å². The molecule has 1 fully saturated rings. The minimum Gasteiger partial charge on any atom is -0.387 e. The van der Waals surface area contributed by atoms with Crippen molar-refractivity contribution in [1.29, 1.82) is 0 Å². The minimum atomic E-state index is -5.28. The van der Waals surface area contributed by atoms with Gasteiger partial charge < -0.3 is 35.4 Å². The van der Waals surface area contributed by atoms with E-state index in [4.69, 9.17) is 32.5 Å². The van der Waals surface area contributed by atoms with Gasteiger partial charge >= 0.3 is 15.6 Å². The molecule has 25 heavy (non-hydrogen) atoms. The first-order valence-electron chi connectivity index (χ1n) is 6.50. The predicted molar refractivity (Wildman–Crippen MR) is 82.3 cm³/mol. The summed E-state index contributed by atoms with van der Waals surface area (Å²) in [4.78, 5) is 30.0. The second-order valence-corrected chi connectivity index (χ2v) is 8.12. The summed E-state index contributed by atoms with van der Waals surface area (Å²) in [6.45, 7) is -0.807. The van der Waals surface area contributed by atoms with Crippen LogP contribution in [-0.4, -0.2) is 59.4 Å². The second kappa shape index (κ2) is 7.47. The van der Waals surface area contributed by atoms with E-state index < -0.39 is 46.8 Å². The number of phosphoric ester groups is 1. The van der Waals surface area contributed by atoms with Crippen molar-refractivity contribution in [2.75, 3.05) is 12.3 Å². The highest BCUT2D eigenvalue weighted by molar-refractivity contribution is 7.71. The van der Waals surface area contributed by atoms with E-state index in [-0.39, 0.29) is 10.6 Å². The molecule has 0 amide bonds. The van der Waals surface area contributed by atoms with Gasteiger partial charge in [-0.05, 0) is 18.3 Å². The van der Waals surface area contributed by atoms with Crippen LogP contribution in [0.3, 0.4) is 0 Å². The number of aromatic nitrogens is 2. The van der Waals surface area contributed by atoms with Crippen LogP contribution in [0.1, 0.15) is 6.23 Å². The summed E-state index contributed by atoms with van der Waals surface area (Å²) >= 11 is 4.97. The van der Waals surface area contributed by atoms with Gasteiger partial charge in [-0.1, -0.05) is 0 Å². The standard InChI is InChI=1S/C9H15N3O10P2S/c10-5-1-2-12(9(25)11-5)8-7(14)6(13)4(21-8)3-20-24(18,19)22-23(15,16)17/h1-2,4,6-8,13-14H,3H2,(H,18,19)(H2,10,11,25)(H2,15,16,17)/t4-,6-,7-,8-/m1/s1. The molecule has 1 saturated heterocycles. The van der Waals surface area contributed by atoms with Gasteiger partial charge in [0.15, 0.2) is 6.23 Å². The zero-order valence-electron chi connectivity index (χ0n) is 12.2. The lowest BCUT2D eigenvalue weighted by Gasteiger charge is -2.18. The molecule has 1 aliphatic heterocycles. The Morgan fingerprint density at radius 3 is 2.52 bits per heavy atom. The maximum absolute atomic E-state index is 11.4. The molecular formula is C9H15N3O10P2S. The van der Waals surface area contributed by atoms with E-state index in [1.54, 1.807) is 0 Å². The number of anilines is 1. The molecule has 5 atom stereocenters. The van der Waals surface area contributed by atoms with Crippen LogP contribution in [-0.2, 0) is 22.7 Å². The molecule has 1 aromatic heterocycles. The van der Waals surface area contributed by atoms with Crippen LogP contribution < -0.4 is 5.73 Å². The first-order chi connectivity index (χ1) is 11.4. The van der Waals surface area contributed by atoms with Gasteiger partial charge in [0.25, 0.3) is 0 Å². The van der Waals surface area contributed by atoms with Crippen molar-refractivity contribution < 1.29 is 47.6 Å². The van der Waals surface area contributed by atoms with E-state index in [1.807, 2.05) is 0 Å². The smallest absolute Gasteiger partial charge is 0.387 e. The summed E-state index contributed by atoms with van der Waals surface area (Å²) in [5.41, 5.74) is 5.46. The molecule has 1 aliphatic rings. The molecule has 0 aliphatic carbocycles. The van der Waals surface area contributed by atoms with Gasteiger partial charge in [0.1, 0.15) is 24.1 Å². The molecule has 0 spiro atoms. The SMILES string of the molecule is Nc1ccn([C@@H]2O[C@H](COP(=O)(O)OP(=O)(O)O)[C@@H](O)[C@H]2O)c(=S)n1. The zero-order chi connectivity index (χ0) is 19.0. The normalized spacial score (nSPS) is 29.5. The summed E-state index contributed by atoms with van der Waals surface area (Å²) in [6, 6.07) is 1.37. The molecule has 0 saturated carbocycles. The lowest BCUT2D eigenvalue weighted by molar-refractivity contribution is -0.0532. The number of aliphatic hydroxyl groups is 2. The summed E-state index contributed by atoms with van der Waals surface area (Å²) in [5, 5.41) is 20.0. The Hall–Kier alpha value is -0.760. The molecule has 1 aromatic rings. The Labute approximate surface area is 145 Å². The number of nitrogens with zero attached hydrogens (tertiary/aromatic N) is 2. The van der Waals surface area contributed by atoms with Gasteiger partial charge in [0, 0.05) is 6.20 Å². The highest BCUT2D eigenvalue weighted by Crippen LogP contribution is 2.57. The largest absolute Gasteiger partial charge is 0.481 e. The highest BCUT2D eigenvalue weighted by atomic mass is 32.1. The van der Waals surface area contributed by atoms with Crippen LogP contribution >= 0.6 is 27.9 Å². The lowest BCUT2D eigenvalue weighted by Crippen LogP contribution is -2.33. The van der Waals surface area contributed by atoms with Crippen LogP contribution in [0.4, 0.5) is 5.82 Å². The third-order valence-electron chi connectivity index (χ3n) is 3.07. The quantitative estimate of drug-likeness (QED) is 0.243. The predicted octanol–water partition coefficient (Wildman–Crippen LogP) is -0.960. The fourth-order valence-electron chi connectivity index (χ4n) is 2.04. The average Bonchev–Trinajstić information content (AvgIpc) is 2.71. The molecule has 1 unspecified atom stereocenters. The molecule has 7 N–H and O–H groups in total. The lowest BCUT2D eigenvalue weighted by atomic mass is 10.1. The van der Waals surface area contributed by atoms with Gasteiger partial charge in [0.05, 0.1) is 6.61 Å². The van der Waals surface area contributed by atoms with Crippen molar-refractivity contribution in [1.82, 2.24) is 9.55 Å². The van der Waals surface area contributed by atoms with Crippen LogP contribution in [0.15, 0.2) is 12.3 Å². The first-order valence-corrected chi connectivity index (χ1v) is 9.93. The number of nitrogen functional groups attached to an aromatic ring is 1. The number of aliphatic hydroxyl groups excluding tert-OH is 2. The summed E-state index contributed by atoms with van der Waals surface area (Å²) < 4.78 is 36.4. The topological polar surface area (TPSA) is 207 Å². The minimum absolute atomic E-state index is 0.0459. The molecule has 0 bridgehead atoms. The van der Waals surface area contributed by atoms with E-state index in [1.165, 1.54) is 16.8 Å². The van der Waals surface area contributed by atoms with E-state index in [0.717, 1.165) is 0 Å². The molecule has 0 radical (unpaired) electrons. The summed E-state index contributed by atoms with van der Waals surface area (Å²) in [5.74, 6) is 0.130. The van der Waals surface area contributed by atoms with Gasteiger partial charge in [-0.3, -0.25) is 9.09 Å². The van der Waals surface area contributed by atoms with Gasteiger partial charge in [-0.25, -0.2) is 14.1 Å². The Bertz CT molecular complexity index is 783. The molecule has 142 valence electrons. The van der Waals surface area contributed by atoms with Crippen molar-refractivity contribution in [3.05, 3.63) is 17.0 Å². The number of phosphoric acid groups is 2. The first kappa shape index (κ1) is 20.6. The summed E-state index contributed by atoms with van der Waals surface area (Å²) in [6.07, 6.45) is -4.20. The van der Waals surface area contributed by atoms with E-state index in [2.05, 4.69) is 13.8 Å². The third kappa shape index (κ3) is 5.36. The van der Waals surface area contributed by atoms with Crippen molar-refractivity contribution >= 4 is 33.7 Å². The maximum atomic E-state index is 11.4. The van der Waals surface area contributed by atoms with E-state index in [0.29, 0.717) is 0 Å². The molecule has 2 rings (SSSR count). The Morgan fingerprint density at radius 1 is 1.32 bits per heavy atom. The number of hydrogen-bond acceptors (Lipinski definition) is 10. The van der Waals surface area contributed by atoms with Crippen LogP contribution in [0, 0.1) is 4.77 Å². The van der Waals surface area contributed by atoms with E-state index in [9.17, 15) is 24.2 Å². The molecule has 0 aromatic carbocycles. The molecule has 16 heteroatoms. The van der Waals surface area contributed by atoms with Gasteiger partial charge in [-0.15, -0.1) is 0 Å². The monoisotopic (exact) mass is 419 g/mol. The number of ether oxygens (including phenoxy) is 1. The molecule has 13 nitrogen and oxygen atoms in total. The Balaban J connectivity index is 2.08. The maximum Gasteiger partial charge on any atom is 0.481 e. The van der Waals surface area contributed by atoms with E-state index >= 15 is 0 Å². The number of nitrogens with two attached hydrogens (primary N) is 1. The fraction of sp³-hybridized carbons (Fsp3) is 0.556. The highest BCUT2D eigenvalue weighted by Gasteiger charge is 2.45. The molecular weight excluding hydrogens is 404 g/mol. The van der Waals surface area contributed by atoms with Crippen LogP contribution in [0.2, 0.25) is 0 Å². The van der Waals surface area contributed by atoms with Crippen LogP contribution in [0.25, 0.3) is 0 Å². The summed E-state index contributed by atoms with van der Waals surface area (Å²) in [7, 11) is -10.4. The van der Waals surface area contributed by atoms with Crippen LogP contribution in [0.5, 0.6) is 0 Å². The zero-order valence-corrected chi connectivity index (χ0v) is 14.8. The Morgan fingerprint density at radius 2 is 1.96 bits per heavy atom. The van der Waals surface area contributed by atoms with Crippen molar-refractivity contribution in [2.45, 2.75) is 24.5 Å². The van der Waals surface area contributed by atoms with Crippen molar-refractivity contribution in [3.8, 4) is 0 Å². The Kier molecular flexibility index (Phi) is 6.14. The van der Waals surface area contributed by atoms with Gasteiger partial charge in [-0.2, -0.15) is 4.31 Å². The van der Waals surface area contributed by atoms with Crippen molar-refractivity contribution in [3.63, 3.8) is 0 Å². The molecule has 2 heterocycles.